The van der Waals surface area contributed by atoms with Crippen LogP contribution in [0.15, 0.2) is 0 Å². The molecule has 0 radical (unpaired) electrons. The normalized spacial score (nSPS) is 12.0. The van der Waals surface area contributed by atoms with Crippen LogP contribution in [-0.2, 0) is 0 Å². The predicted octanol–water partition coefficient (Wildman–Crippen LogP) is 5.46. The Morgan fingerprint density at radius 1 is 0.789 bits per heavy atom. The minimum absolute atomic E-state index is 0.869. The van der Waals surface area contributed by atoms with Crippen molar-refractivity contribution in [3.63, 3.8) is 0 Å². The molecule has 0 heterocycles. The summed E-state index contributed by atoms with van der Waals surface area (Å²) in [6.45, 7) is 7.95. The molecule has 0 rings (SSSR count). The second kappa shape index (κ2) is 14.1. The van der Waals surface area contributed by atoms with Crippen molar-refractivity contribution >= 4 is 30.1 Å². The Morgan fingerprint density at radius 3 is 1.63 bits per heavy atom. The summed E-state index contributed by atoms with van der Waals surface area (Å²) in [5, 5.41) is 0. The average molecular weight is 394 g/mol. The van der Waals surface area contributed by atoms with Gasteiger partial charge in [0, 0.05) is 0 Å². The summed E-state index contributed by atoms with van der Waals surface area (Å²) in [5.74, 6) is 1.31. The zero-order valence-electron chi connectivity index (χ0n) is 13.7. The second-order valence-electron chi connectivity index (χ2n) is 6.01. The van der Waals surface area contributed by atoms with Gasteiger partial charge in [0.15, 0.2) is 0 Å². The van der Waals surface area contributed by atoms with Crippen LogP contribution in [0.5, 0.6) is 0 Å². The summed E-state index contributed by atoms with van der Waals surface area (Å²) in [7, 11) is 0. The summed E-state index contributed by atoms with van der Waals surface area (Å²) < 4.78 is 6.54. The van der Waals surface area contributed by atoms with Gasteiger partial charge >= 0.3 is 131 Å². The van der Waals surface area contributed by atoms with E-state index in [1.807, 2.05) is 0 Å². The molecule has 0 aromatic heterocycles. The molecular formula is C16H37NSSn. The standard InChI is InChI=1S/C4H10NS.3C4H9.Sn/c1-6-4-2-3-5;3*1-3-4-2;/h1-5H2;3*1,3-4H2,2H3;. The minimum atomic E-state index is -1.81. The summed E-state index contributed by atoms with van der Waals surface area (Å²) in [6.07, 6.45) is 9.89. The molecule has 0 fully saturated rings. The van der Waals surface area contributed by atoms with Gasteiger partial charge in [0.1, 0.15) is 0 Å². The molecule has 0 atom stereocenters. The Balaban J connectivity index is 4.38. The van der Waals surface area contributed by atoms with E-state index >= 15 is 0 Å². The van der Waals surface area contributed by atoms with Crippen LogP contribution in [0.1, 0.15) is 65.7 Å². The Bertz CT molecular complexity index is 166. The fourth-order valence-corrected chi connectivity index (χ4v) is 24.3. The molecule has 0 aliphatic carbocycles. The van der Waals surface area contributed by atoms with Gasteiger partial charge in [0.2, 0.25) is 0 Å². The fraction of sp³-hybridized carbons (Fsp3) is 1.00. The Morgan fingerprint density at radius 2 is 1.26 bits per heavy atom. The van der Waals surface area contributed by atoms with Crippen LogP contribution in [0.3, 0.4) is 0 Å². The van der Waals surface area contributed by atoms with E-state index in [2.05, 4.69) is 32.5 Å². The van der Waals surface area contributed by atoms with Crippen molar-refractivity contribution in [1.82, 2.24) is 0 Å². The van der Waals surface area contributed by atoms with E-state index in [1.54, 1.807) is 17.1 Å². The number of hydrogen-bond acceptors (Lipinski definition) is 2. The molecule has 0 amide bonds. The van der Waals surface area contributed by atoms with Gasteiger partial charge in [-0.1, -0.05) is 0 Å². The SMILES string of the molecule is CCC[CH2][Sn]([CH2]CCC)([CH2]CCC)[CH2]SCCCN. The summed E-state index contributed by atoms with van der Waals surface area (Å²) in [5.41, 5.74) is 5.62. The van der Waals surface area contributed by atoms with Crippen LogP contribution in [0.2, 0.25) is 13.3 Å². The van der Waals surface area contributed by atoms with Crippen molar-refractivity contribution in [2.45, 2.75) is 79.0 Å². The number of nitrogens with two attached hydrogens (primary N) is 1. The molecule has 0 unspecified atom stereocenters. The molecule has 116 valence electrons. The predicted molar refractivity (Wildman–Crippen MR) is 95.9 cm³/mol. The van der Waals surface area contributed by atoms with E-state index in [9.17, 15) is 0 Å². The summed E-state index contributed by atoms with van der Waals surface area (Å²) in [6, 6.07) is 0. The topological polar surface area (TPSA) is 26.0 Å². The molecular weight excluding hydrogens is 357 g/mol. The molecule has 0 aliphatic heterocycles. The van der Waals surface area contributed by atoms with Crippen molar-refractivity contribution < 1.29 is 0 Å². The molecule has 2 N–H and O–H groups in total. The van der Waals surface area contributed by atoms with Crippen molar-refractivity contribution in [2.75, 3.05) is 16.1 Å². The molecule has 0 bridgehead atoms. The molecule has 0 saturated heterocycles. The monoisotopic (exact) mass is 395 g/mol. The van der Waals surface area contributed by atoms with E-state index < -0.39 is 18.4 Å². The summed E-state index contributed by atoms with van der Waals surface area (Å²) >= 11 is 0.438. The van der Waals surface area contributed by atoms with E-state index in [4.69, 9.17) is 5.73 Å². The third-order valence-electron chi connectivity index (χ3n) is 4.08. The Kier molecular flexibility index (Phi) is 14.9. The van der Waals surface area contributed by atoms with Crippen LogP contribution in [0, 0.1) is 0 Å². The average Bonchev–Trinajstić information content (AvgIpc) is 2.44. The van der Waals surface area contributed by atoms with Crippen LogP contribution in [0.4, 0.5) is 0 Å². The third-order valence-corrected chi connectivity index (χ3v) is 24.6. The number of hydrogen-bond donors (Lipinski definition) is 1. The molecule has 3 heteroatoms. The van der Waals surface area contributed by atoms with Crippen LogP contribution < -0.4 is 5.73 Å². The van der Waals surface area contributed by atoms with Crippen molar-refractivity contribution in [1.29, 1.82) is 0 Å². The van der Waals surface area contributed by atoms with Crippen LogP contribution in [-0.4, -0.2) is 34.4 Å². The molecule has 0 aromatic carbocycles. The van der Waals surface area contributed by atoms with E-state index in [0.717, 1.165) is 6.54 Å². The first-order chi connectivity index (χ1) is 9.24. The van der Waals surface area contributed by atoms with Gasteiger partial charge in [-0.05, 0) is 0 Å². The maximum absolute atomic E-state index is 5.62. The second-order valence-corrected chi connectivity index (χ2v) is 22.4. The van der Waals surface area contributed by atoms with Gasteiger partial charge < -0.3 is 0 Å². The first-order valence-electron chi connectivity index (χ1n) is 8.52. The quantitative estimate of drug-likeness (QED) is 0.313. The van der Waals surface area contributed by atoms with Gasteiger partial charge in [0.25, 0.3) is 0 Å². The van der Waals surface area contributed by atoms with Crippen molar-refractivity contribution in [3.8, 4) is 0 Å². The zero-order chi connectivity index (χ0) is 14.4. The van der Waals surface area contributed by atoms with Crippen LogP contribution in [0.25, 0.3) is 0 Å². The summed E-state index contributed by atoms with van der Waals surface area (Å²) in [4.78, 5) is 0. The van der Waals surface area contributed by atoms with E-state index in [-0.39, 0.29) is 0 Å². The van der Waals surface area contributed by atoms with Gasteiger partial charge in [-0.3, -0.25) is 0 Å². The van der Waals surface area contributed by atoms with Crippen molar-refractivity contribution in [3.05, 3.63) is 0 Å². The Hall–Kier alpha value is 1.11. The number of rotatable bonds is 14. The van der Waals surface area contributed by atoms with E-state index in [1.165, 1.54) is 50.7 Å². The number of thioether (sulfide) groups is 1. The number of unbranched alkanes of at least 4 members (excludes halogenated alkanes) is 3. The van der Waals surface area contributed by atoms with Crippen LogP contribution >= 0.6 is 11.8 Å². The third kappa shape index (κ3) is 10.5. The maximum atomic E-state index is 5.62. The van der Waals surface area contributed by atoms with Crippen molar-refractivity contribution in [2.24, 2.45) is 5.73 Å². The van der Waals surface area contributed by atoms with Gasteiger partial charge in [0.05, 0.1) is 0 Å². The van der Waals surface area contributed by atoms with Gasteiger partial charge in [-0.15, -0.1) is 0 Å². The first kappa shape index (κ1) is 20.1. The Labute approximate surface area is 130 Å². The molecule has 19 heavy (non-hydrogen) atoms. The molecule has 0 aromatic rings. The molecule has 0 saturated carbocycles. The van der Waals surface area contributed by atoms with E-state index in [0.29, 0.717) is 0 Å². The van der Waals surface area contributed by atoms with Gasteiger partial charge in [-0.2, -0.15) is 0 Å². The zero-order valence-corrected chi connectivity index (χ0v) is 17.3. The molecule has 0 spiro atoms. The van der Waals surface area contributed by atoms with Gasteiger partial charge in [-0.25, -0.2) is 0 Å². The molecule has 1 nitrogen and oxygen atoms in total. The first-order valence-corrected chi connectivity index (χ1v) is 17.7. The molecule has 0 aliphatic rings. The fourth-order valence-electron chi connectivity index (χ4n) is 2.72.